The van der Waals surface area contributed by atoms with Crippen LogP contribution >= 0.6 is 0 Å². The van der Waals surface area contributed by atoms with Crippen molar-refractivity contribution in [1.29, 1.82) is 0 Å². The van der Waals surface area contributed by atoms with Crippen molar-refractivity contribution in [3.63, 3.8) is 0 Å². The van der Waals surface area contributed by atoms with Gasteiger partial charge in [-0.1, -0.05) is 6.07 Å². The normalized spacial score (nSPS) is 19.3. The number of nitrogens with one attached hydrogen (secondary N) is 1. The summed E-state index contributed by atoms with van der Waals surface area (Å²) in [6, 6.07) is 4.33. The molecule has 0 aliphatic carbocycles. The molecule has 0 aromatic heterocycles. The summed E-state index contributed by atoms with van der Waals surface area (Å²) >= 11 is 0. The molecule has 104 valence electrons. The number of ether oxygens (including phenoxy) is 1. The molecule has 5 heteroatoms. The maximum Gasteiger partial charge on any atom is 0.248 e. The molecule has 2 rings (SSSR count). The summed E-state index contributed by atoms with van der Waals surface area (Å²) in [7, 11) is 0. The molecule has 3 N–H and O–H groups in total. The minimum atomic E-state index is -0.613. The topological polar surface area (TPSA) is 64.4 Å². The first-order valence-electron chi connectivity index (χ1n) is 6.53. The largest absolute Gasteiger partial charge is 0.381 e. The molecule has 1 atom stereocenters. The Morgan fingerprint density at radius 1 is 1.53 bits per heavy atom. The molecule has 0 spiro atoms. The van der Waals surface area contributed by atoms with Crippen LogP contribution in [-0.2, 0) is 11.3 Å². The molecule has 19 heavy (non-hydrogen) atoms. The molecular weight excluding hydrogens is 247 g/mol. The van der Waals surface area contributed by atoms with Crippen LogP contribution in [0, 0.1) is 11.7 Å². The maximum atomic E-state index is 13.7. The third-order valence-electron chi connectivity index (χ3n) is 3.34. The van der Waals surface area contributed by atoms with Gasteiger partial charge < -0.3 is 15.8 Å². The third kappa shape index (κ3) is 4.01. The zero-order valence-electron chi connectivity index (χ0n) is 10.8. The molecular formula is C14H19FN2O2. The van der Waals surface area contributed by atoms with E-state index in [0.29, 0.717) is 18.0 Å². The van der Waals surface area contributed by atoms with E-state index in [2.05, 4.69) is 5.32 Å². The van der Waals surface area contributed by atoms with Crippen LogP contribution < -0.4 is 11.1 Å². The van der Waals surface area contributed by atoms with Crippen molar-refractivity contribution in [2.24, 2.45) is 11.7 Å². The van der Waals surface area contributed by atoms with Crippen LogP contribution in [0.1, 0.15) is 28.8 Å². The Hall–Kier alpha value is -1.46. The highest BCUT2D eigenvalue weighted by atomic mass is 19.1. The van der Waals surface area contributed by atoms with Crippen molar-refractivity contribution in [1.82, 2.24) is 5.32 Å². The van der Waals surface area contributed by atoms with Gasteiger partial charge in [0.15, 0.2) is 0 Å². The molecule has 1 aromatic carbocycles. The number of hydrogen-bond acceptors (Lipinski definition) is 3. The van der Waals surface area contributed by atoms with Gasteiger partial charge in [-0.15, -0.1) is 0 Å². The number of rotatable bonds is 5. The van der Waals surface area contributed by atoms with Gasteiger partial charge in [0, 0.05) is 30.8 Å². The second-order valence-electron chi connectivity index (χ2n) is 4.88. The number of carbonyl (C=O) groups excluding carboxylic acids is 1. The molecule has 1 amide bonds. The van der Waals surface area contributed by atoms with Crippen LogP contribution in [0.25, 0.3) is 0 Å². The lowest BCUT2D eigenvalue weighted by Crippen LogP contribution is -2.29. The smallest absolute Gasteiger partial charge is 0.248 e. The number of amides is 1. The average Bonchev–Trinajstić information content (AvgIpc) is 2.41. The summed E-state index contributed by atoms with van der Waals surface area (Å²) in [5, 5.41) is 3.22. The van der Waals surface area contributed by atoms with Crippen molar-refractivity contribution < 1.29 is 13.9 Å². The van der Waals surface area contributed by atoms with Gasteiger partial charge in [-0.2, -0.15) is 0 Å². The quantitative estimate of drug-likeness (QED) is 0.847. The number of carbonyl (C=O) groups is 1. The Morgan fingerprint density at radius 2 is 2.37 bits per heavy atom. The molecule has 1 saturated heterocycles. The highest BCUT2D eigenvalue weighted by Gasteiger charge is 2.13. The van der Waals surface area contributed by atoms with Crippen LogP contribution in [0.3, 0.4) is 0 Å². The maximum absolute atomic E-state index is 13.7. The summed E-state index contributed by atoms with van der Waals surface area (Å²) in [6.45, 7) is 2.88. The van der Waals surface area contributed by atoms with Crippen LogP contribution in [0.15, 0.2) is 18.2 Å². The summed E-state index contributed by atoms with van der Waals surface area (Å²) in [6.07, 6.45) is 2.24. The lowest BCUT2D eigenvalue weighted by atomic mass is 10.0. The van der Waals surface area contributed by atoms with E-state index in [9.17, 15) is 9.18 Å². The van der Waals surface area contributed by atoms with Crippen LogP contribution in [0.2, 0.25) is 0 Å². The first-order chi connectivity index (χ1) is 9.16. The van der Waals surface area contributed by atoms with Crippen molar-refractivity contribution in [3.8, 4) is 0 Å². The van der Waals surface area contributed by atoms with Gasteiger partial charge in [0.2, 0.25) is 5.91 Å². The van der Waals surface area contributed by atoms with Gasteiger partial charge in [0.05, 0.1) is 6.61 Å². The fourth-order valence-electron chi connectivity index (χ4n) is 2.22. The molecule has 1 aliphatic heterocycles. The van der Waals surface area contributed by atoms with Crippen molar-refractivity contribution in [2.45, 2.75) is 19.4 Å². The van der Waals surface area contributed by atoms with Gasteiger partial charge in [0.1, 0.15) is 5.82 Å². The molecule has 1 fully saturated rings. The fraction of sp³-hybridized carbons (Fsp3) is 0.500. The Labute approximate surface area is 112 Å². The Bertz CT molecular complexity index is 445. The van der Waals surface area contributed by atoms with E-state index in [1.165, 1.54) is 6.07 Å². The van der Waals surface area contributed by atoms with Gasteiger partial charge >= 0.3 is 0 Å². The van der Waals surface area contributed by atoms with E-state index in [1.807, 2.05) is 0 Å². The van der Waals surface area contributed by atoms with Gasteiger partial charge in [0.25, 0.3) is 0 Å². The van der Waals surface area contributed by atoms with Crippen LogP contribution in [0.5, 0.6) is 0 Å². The lowest BCUT2D eigenvalue weighted by Gasteiger charge is -2.22. The molecule has 1 aromatic rings. The number of nitrogens with two attached hydrogens (primary N) is 1. The van der Waals surface area contributed by atoms with Crippen molar-refractivity contribution in [2.75, 3.05) is 19.8 Å². The minimum absolute atomic E-state index is 0.196. The fourth-order valence-corrected chi connectivity index (χ4v) is 2.22. The third-order valence-corrected chi connectivity index (χ3v) is 3.34. The summed E-state index contributed by atoms with van der Waals surface area (Å²) < 4.78 is 19.1. The summed E-state index contributed by atoms with van der Waals surface area (Å²) in [4.78, 5) is 10.9. The zero-order valence-corrected chi connectivity index (χ0v) is 10.8. The Morgan fingerprint density at radius 3 is 3.00 bits per heavy atom. The number of benzene rings is 1. The van der Waals surface area contributed by atoms with E-state index in [0.717, 1.165) is 32.6 Å². The molecule has 0 saturated carbocycles. The molecule has 1 unspecified atom stereocenters. The predicted octanol–water partition coefficient (Wildman–Crippen LogP) is 1.44. The Balaban J connectivity index is 1.83. The van der Waals surface area contributed by atoms with E-state index in [-0.39, 0.29) is 5.56 Å². The number of primary amides is 1. The van der Waals surface area contributed by atoms with Gasteiger partial charge in [-0.3, -0.25) is 4.79 Å². The van der Waals surface area contributed by atoms with Crippen molar-refractivity contribution >= 4 is 5.91 Å². The molecule has 1 aliphatic rings. The minimum Gasteiger partial charge on any atom is -0.381 e. The van der Waals surface area contributed by atoms with Crippen LogP contribution in [-0.4, -0.2) is 25.7 Å². The molecule has 4 nitrogen and oxygen atoms in total. The first-order valence-corrected chi connectivity index (χ1v) is 6.53. The highest BCUT2D eigenvalue weighted by molar-refractivity contribution is 5.92. The van der Waals surface area contributed by atoms with E-state index in [4.69, 9.17) is 10.5 Å². The van der Waals surface area contributed by atoms with E-state index >= 15 is 0 Å². The lowest BCUT2D eigenvalue weighted by molar-refractivity contribution is 0.0547. The van der Waals surface area contributed by atoms with Gasteiger partial charge in [-0.25, -0.2) is 4.39 Å². The monoisotopic (exact) mass is 266 g/mol. The second-order valence-corrected chi connectivity index (χ2v) is 4.88. The number of halogens is 1. The average molecular weight is 266 g/mol. The predicted molar refractivity (Wildman–Crippen MR) is 70.2 cm³/mol. The SMILES string of the molecule is NC(=O)c1ccc(CNCC2CCCOC2)c(F)c1. The molecule has 0 bridgehead atoms. The standard InChI is InChI=1S/C14H19FN2O2/c15-13-6-11(14(16)18)3-4-12(13)8-17-7-10-2-1-5-19-9-10/h3-4,6,10,17H,1-2,5,7-9H2,(H2,16,18). The summed E-state index contributed by atoms with van der Waals surface area (Å²) in [5.74, 6) is -0.511. The van der Waals surface area contributed by atoms with E-state index < -0.39 is 11.7 Å². The van der Waals surface area contributed by atoms with Gasteiger partial charge in [-0.05, 0) is 30.9 Å². The second kappa shape index (κ2) is 6.63. The molecule has 1 heterocycles. The Kier molecular flexibility index (Phi) is 4.87. The van der Waals surface area contributed by atoms with Crippen LogP contribution in [0.4, 0.5) is 4.39 Å². The number of hydrogen-bond donors (Lipinski definition) is 2. The zero-order chi connectivity index (χ0) is 13.7. The highest BCUT2D eigenvalue weighted by Crippen LogP contribution is 2.13. The molecule has 0 radical (unpaired) electrons. The summed E-state index contributed by atoms with van der Waals surface area (Å²) in [5.41, 5.74) is 5.83. The van der Waals surface area contributed by atoms with E-state index in [1.54, 1.807) is 12.1 Å². The first kappa shape index (κ1) is 14.0. The van der Waals surface area contributed by atoms with Crippen molar-refractivity contribution in [3.05, 3.63) is 35.1 Å².